The Kier molecular flexibility index (Phi) is 5.59. The van der Waals surface area contributed by atoms with E-state index in [0.29, 0.717) is 6.61 Å². The monoisotopic (exact) mass is 305 g/mol. The molecule has 2 aromatic rings. The van der Waals surface area contributed by atoms with Crippen LogP contribution in [0.1, 0.15) is 15.6 Å². The van der Waals surface area contributed by atoms with E-state index in [9.17, 15) is 0 Å². The molecule has 0 saturated carbocycles. The van der Waals surface area contributed by atoms with Gasteiger partial charge in [0.25, 0.3) is 0 Å². The van der Waals surface area contributed by atoms with Gasteiger partial charge < -0.3 is 15.0 Å². The van der Waals surface area contributed by atoms with E-state index in [1.165, 1.54) is 4.88 Å². The number of likely N-dealkylation sites (N-methyl/N-ethyl adjacent to an activating group) is 1. The lowest BCUT2D eigenvalue weighted by atomic mass is 10.3. The van der Waals surface area contributed by atoms with E-state index in [4.69, 9.17) is 4.74 Å². The van der Waals surface area contributed by atoms with E-state index in [1.807, 2.05) is 39.2 Å². The van der Waals surface area contributed by atoms with Gasteiger partial charge in [0.2, 0.25) is 0 Å². The molecule has 5 heteroatoms. The summed E-state index contributed by atoms with van der Waals surface area (Å²) in [6.45, 7) is 6.51. The molecular weight excluding hydrogens is 282 g/mol. The minimum absolute atomic E-state index is 0.698. The molecule has 0 atom stereocenters. The Hall–Kier alpha value is -1.59. The summed E-state index contributed by atoms with van der Waals surface area (Å²) in [6.07, 6.45) is 0. The molecule has 114 valence electrons. The van der Waals surface area contributed by atoms with Crippen LogP contribution in [0.25, 0.3) is 0 Å². The first kappa shape index (κ1) is 15.8. The molecule has 1 heterocycles. The van der Waals surface area contributed by atoms with Gasteiger partial charge in [0.15, 0.2) is 0 Å². The summed E-state index contributed by atoms with van der Waals surface area (Å²) in [5, 5.41) is 4.55. The second-order valence-corrected chi connectivity index (χ2v) is 6.56. The summed E-state index contributed by atoms with van der Waals surface area (Å²) in [4.78, 5) is 7.84. The topological polar surface area (TPSA) is 37.4 Å². The number of anilines is 1. The van der Waals surface area contributed by atoms with E-state index in [1.54, 1.807) is 11.3 Å². The van der Waals surface area contributed by atoms with Gasteiger partial charge >= 0.3 is 0 Å². The van der Waals surface area contributed by atoms with Gasteiger partial charge in [-0.1, -0.05) is 6.07 Å². The lowest BCUT2D eigenvalue weighted by Gasteiger charge is -2.12. The van der Waals surface area contributed by atoms with Crippen LogP contribution >= 0.6 is 11.3 Å². The van der Waals surface area contributed by atoms with Crippen LogP contribution in [0.15, 0.2) is 24.3 Å². The molecule has 0 saturated heterocycles. The fraction of sp³-hybridized carbons (Fsp3) is 0.438. The molecule has 0 unspecified atom stereocenters. The van der Waals surface area contributed by atoms with E-state index in [2.05, 4.69) is 28.2 Å². The normalized spacial score (nSPS) is 10.9. The van der Waals surface area contributed by atoms with Crippen molar-refractivity contribution in [1.82, 2.24) is 9.88 Å². The van der Waals surface area contributed by atoms with Gasteiger partial charge in [0.05, 0.1) is 17.2 Å². The number of ether oxygens (including phenoxy) is 1. The average molecular weight is 305 g/mol. The highest BCUT2D eigenvalue weighted by Crippen LogP contribution is 2.21. The van der Waals surface area contributed by atoms with Gasteiger partial charge in [-0.3, -0.25) is 0 Å². The third kappa shape index (κ3) is 5.02. The summed E-state index contributed by atoms with van der Waals surface area (Å²) in [5.41, 5.74) is 2.19. The molecular formula is C16H23N3OS. The van der Waals surface area contributed by atoms with Gasteiger partial charge in [-0.25, -0.2) is 4.98 Å². The molecule has 1 aromatic heterocycles. The summed E-state index contributed by atoms with van der Waals surface area (Å²) in [6, 6.07) is 8.10. The first-order valence-corrected chi connectivity index (χ1v) is 7.90. The number of aryl methyl sites for hydroxylation is 2. The average Bonchev–Trinajstić information content (AvgIpc) is 2.75. The van der Waals surface area contributed by atoms with Crippen LogP contribution in [0.4, 0.5) is 5.69 Å². The maximum Gasteiger partial charge on any atom is 0.121 e. The van der Waals surface area contributed by atoms with Crippen LogP contribution < -0.4 is 10.1 Å². The van der Waals surface area contributed by atoms with Crippen LogP contribution in [0.2, 0.25) is 0 Å². The fourth-order valence-corrected chi connectivity index (χ4v) is 2.84. The number of rotatable bonds is 7. The van der Waals surface area contributed by atoms with Crippen molar-refractivity contribution in [2.24, 2.45) is 0 Å². The molecule has 0 aliphatic heterocycles. The molecule has 1 aromatic carbocycles. The predicted molar refractivity (Wildman–Crippen MR) is 89.4 cm³/mol. The molecule has 4 nitrogen and oxygen atoms in total. The van der Waals surface area contributed by atoms with Gasteiger partial charge in [0, 0.05) is 23.2 Å². The smallest absolute Gasteiger partial charge is 0.121 e. The number of hydrogen-bond donors (Lipinski definition) is 1. The van der Waals surface area contributed by atoms with Crippen LogP contribution in [-0.2, 0) is 6.54 Å². The van der Waals surface area contributed by atoms with Crippen molar-refractivity contribution in [3.05, 3.63) is 39.8 Å². The molecule has 1 N–H and O–H groups in total. The zero-order valence-corrected chi connectivity index (χ0v) is 14.0. The lowest BCUT2D eigenvalue weighted by molar-refractivity contribution is 0.261. The second-order valence-electron chi connectivity index (χ2n) is 5.27. The minimum atomic E-state index is 0.698. The third-order valence-corrected chi connectivity index (χ3v) is 4.17. The molecule has 21 heavy (non-hydrogen) atoms. The van der Waals surface area contributed by atoms with Crippen molar-refractivity contribution in [2.45, 2.75) is 20.4 Å². The standard InChI is InChI=1S/C16H23N3OS/c1-12-16(21-13(2)18-12)11-17-14-6-5-7-15(10-14)20-9-8-19(3)4/h5-7,10,17H,8-9,11H2,1-4H3. The fourth-order valence-electron chi connectivity index (χ4n) is 1.96. The highest BCUT2D eigenvalue weighted by molar-refractivity contribution is 7.11. The highest BCUT2D eigenvalue weighted by Gasteiger charge is 2.04. The third-order valence-electron chi connectivity index (χ3n) is 3.09. The number of nitrogens with zero attached hydrogens (tertiary/aromatic N) is 2. The van der Waals surface area contributed by atoms with Gasteiger partial charge in [-0.05, 0) is 40.1 Å². The molecule has 0 aliphatic carbocycles. The summed E-state index contributed by atoms with van der Waals surface area (Å²) < 4.78 is 5.75. The first-order valence-electron chi connectivity index (χ1n) is 7.09. The Bertz CT molecular complexity index is 581. The van der Waals surface area contributed by atoms with E-state index in [-0.39, 0.29) is 0 Å². The molecule has 0 radical (unpaired) electrons. The SMILES string of the molecule is Cc1nc(C)c(CNc2cccc(OCCN(C)C)c2)s1. The van der Waals surface area contributed by atoms with E-state index >= 15 is 0 Å². The van der Waals surface area contributed by atoms with Crippen molar-refractivity contribution in [3.63, 3.8) is 0 Å². The molecule has 0 amide bonds. The minimum Gasteiger partial charge on any atom is -0.492 e. The lowest BCUT2D eigenvalue weighted by Crippen LogP contribution is -2.19. The summed E-state index contributed by atoms with van der Waals surface area (Å²) >= 11 is 1.74. The Morgan fingerprint density at radius 2 is 2.10 bits per heavy atom. The summed E-state index contributed by atoms with van der Waals surface area (Å²) in [7, 11) is 4.08. The molecule has 0 fully saturated rings. The molecule has 0 aliphatic rings. The number of aromatic nitrogens is 1. The molecule has 2 rings (SSSR count). The molecule has 0 bridgehead atoms. The van der Waals surface area contributed by atoms with Crippen molar-refractivity contribution in [3.8, 4) is 5.75 Å². The first-order chi connectivity index (χ1) is 10.0. The number of thiazole rings is 1. The molecule has 0 spiro atoms. The largest absolute Gasteiger partial charge is 0.492 e. The van der Waals surface area contributed by atoms with Crippen LogP contribution in [0, 0.1) is 13.8 Å². The van der Waals surface area contributed by atoms with Crippen LogP contribution in [0.3, 0.4) is 0 Å². The Morgan fingerprint density at radius 3 is 2.76 bits per heavy atom. The number of hydrogen-bond acceptors (Lipinski definition) is 5. The summed E-state index contributed by atoms with van der Waals surface area (Å²) in [5.74, 6) is 0.902. The van der Waals surface area contributed by atoms with Gasteiger partial charge in [0.1, 0.15) is 12.4 Å². The zero-order valence-electron chi connectivity index (χ0n) is 13.1. The maximum atomic E-state index is 5.75. The predicted octanol–water partition coefficient (Wildman–Crippen LogP) is 3.31. The van der Waals surface area contributed by atoms with Crippen LogP contribution in [0.5, 0.6) is 5.75 Å². The van der Waals surface area contributed by atoms with Crippen LogP contribution in [-0.4, -0.2) is 37.1 Å². The Balaban J connectivity index is 1.90. The van der Waals surface area contributed by atoms with E-state index in [0.717, 1.165) is 35.2 Å². The number of nitrogens with one attached hydrogen (secondary N) is 1. The Morgan fingerprint density at radius 1 is 1.29 bits per heavy atom. The van der Waals surface area contributed by atoms with Gasteiger partial charge in [-0.15, -0.1) is 11.3 Å². The van der Waals surface area contributed by atoms with Crippen molar-refractivity contribution >= 4 is 17.0 Å². The highest BCUT2D eigenvalue weighted by atomic mass is 32.1. The zero-order chi connectivity index (χ0) is 15.2. The van der Waals surface area contributed by atoms with Crippen molar-refractivity contribution in [2.75, 3.05) is 32.6 Å². The van der Waals surface area contributed by atoms with Crippen molar-refractivity contribution < 1.29 is 4.74 Å². The van der Waals surface area contributed by atoms with E-state index < -0.39 is 0 Å². The Labute approximate surface area is 130 Å². The van der Waals surface area contributed by atoms with Crippen molar-refractivity contribution in [1.29, 1.82) is 0 Å². The maximum absolute atomic E-state index is 5.75. The number of benzene rings is 1. The second kappa shape index (κ2) is 7.43. The quantitative estimate of drug-likeness (QED) is 0.851. The van der Waals surface area contributed by atoms with Gasteiger partial charge in [-0.2, -0.15) is 0 Å².